The molecule has 1 unspecified atom stereocenters. The van der Waals surface area contributed by atoms with E-state index in [2.05, 4.69) is 18.9 Å². The summed E-state index contributed by atoms with van der Waals surface area (Å²) in [6, 6.07) is 2.28. The van der Waals surface area contributed by atoms with Gasteiger partial charge in [0.1, 0.15) is 0 Å². The van der Waals surface area contributed by atoms with Gasteiger partial charge in [-0.15, -0.1) is 0 Å². The summed E-state index contributed by atoms with van der Waals surface area (Å²) in [5, 5.41) is 15.0. The molecule has 5 nitrogen and oxygen atoms in total. The Morgan fingerprint density at radius 1 is 1.56 bits per heavy atom. The fourth-order valence-corrected chi connectivity index (χ4v) is 2.01. The van der Waals surface area contributed by atoms with Crippen molar-refractivity contribution in [1.29, 1.82) is 0 Å². The number of methoxy groups -OCH3 is 1. The zero-order chi connectivity index (χ0) is 13.6. The third-order valence-corrected chi connectivity index (χ3v) is 2.96. The number of nitrogens with two attached hydrogens (primary N) is 1. The number of rotatable bonds is 8. The highest BCUT2D eigenvalue weighted by molar-refractivity contribution is 5.04. The molecule has 0 aliphatic carbocycles. The minimum Gasteiger partial charge on any atom is -0.387 e. The summed E-state index contributed by atoms with van der Waals surface area (Å²) in [5.74, 6) is 0. The molecule has 18 heavy (non-hydrogen) atoms. The van der Waals surface area contributed by atoms with Crippen LogP contribution < -0.4 is 5.73 Å². The van der Waals surface area contributed by atoms with Crippen LogP contribution in [-0.4, -0.2) is 40.7 Å². The van der Waals surface area contributed by atoms with Gasteiger partial charge in [0.05, 0.1) is 17.9 Å². The van der Waals surface area contributed by atoms with Crippen LogP contribution in [0.5, 0.6) is 0 Å². The highest BCUT2D eigenvalue weighted by Gasteiger charge is 2.27. The molecule has 1 aromatic rings. The van der Waals surface area contributed by atoms with Gasteiger partial charge in [0.15, 0.2) is 0 Å². The second-order valence-corrected chi connectivity index (χ2v) is 5.11. The normalized spacial score (nSPS) is 15.0. The molecule has 0 amide bonds. The van der Waals surface area contributed by atoms with E-state index in [0.717, 1.165) is 12.1 Å². The lowest BCUT2D eigenvalue weighted by molar-refractivity contribution is -0.0382. The highest BCUT2D eigenvalue weighted by atomic mass is 16.5. The Bertz CT molecular complexity index is 352. The van der Waals surface area contributed by atoms with E-state index in [-0.39, 0.29) is 0 Å². The molecule has 0 bridgehead atoms. The zero-order valence-corrected chi connectivity index (χ0v) is 11.6. The maximum Gasteiger partial charge on any atom is 0.0936 e. The molecule has 0 aliphatic rings. The van der Waals surface area contributed by atoms with E-state index in [1.807, 2.05) is 16.9 Å². The fraction of sp³-hybridized carbons (Fsp3) is 0.769. The molecule has 104 valence electrons. The molecule has 1 aromatic heterocycles. The quantitative estimate of drug-likeness (QED) is 0.730. The number of ether oxygens (including phenoxy) is 1. The summed E-state index contributed by atoms with van der Waals surface area (Å²) in [5.41, 5.74) is 5.52. The Hall–Kier alpha value is -0.910. The number of hydrogen-bond acceptors (Lipinski definition) is 4. The van der Waals surface area contributed by atoms with Crippen LogP contribution in [0.4, 0.5) is 0 Å². The van der Waals surface area contributed by atoms with Crippen LogP contribution in [0.2, 0.25) is 0 Å². The molecule has 1 atom stereocenters. The van der Waals surface area contributed by atoms with E-state index in [1.165, 1.54) is 0 Å². The number of nitrogens with zero attached hydrogens (tertiary/aromatic N) is 2. The third kappa shape index (κ3) is 4.40. The SMILES string of the molecule is COCC(O)(CCCN)Cc1ccn(C(C)C)n1. The molecule has 0 fully saturated rings. The van der Waals surface area contributed by atoms with Crippen molar-refractivity contribution in [2.45, 2.75) is 44.8 Å². The summed E-state index contributed by atoms with van der Waals surface area (Å²) in [6.45, 7) is 5.03. The lowest BCUT2D eigenvalue weighted by atomic mass is 9.93. The van der Waals surface area contributed by atoms with Gasteiger partial charge in [0.2, 0.25) is 0 Å². The lowest BCUT2D eigenvalue weighted by Crippen LogP contribution is -2.37. The Kier molecular flexibility index (Phi) is 5.78. The maximum atomic E-state index is 10.5. The van der Waals surface area contributed by atoms with Gasteiger partial charge in [-0.25, -0.2) is 0 Å². The van der Waals surface area contributed by atoms with Crippen LogP contribution in [0.25, 0.3) is 0 Å². The van der Waals surface area contributed by atoms with Crippen LogP contribution in [-0.2, 0) is 11.2 Å². The van der Waals surface area contributed by atoms with Crippen molar-refractivity contribution in [2.75, 3.05) is 20.3 Å². The van der Waals surface area contributed by atoms with Crippen LogP contribution in [0.15, 0.2) is 12.3 Å². The van der Waals surface area contributed by atoms with Gasteiger partial charge in [-0.1, -0.05) is 0 Å². The molecule has 5 heteroatoms. The second-order valence-electron chi connectivity index (χ2n) is 5.11. The minimum absolute atomic E-state index is 0.307. The van der Waals surface area contributed by atoms with Crippen LogP contribution in [0.1, 0.15) is 38.4 Å². The standard InChI is InChI=1S/C13H25N3O2/c1-11(2)16-8-5-12(15-16)9-13(17,10-18-3)6-4-7-14/h5,8,11,17H,4,6-7,9-10,14H2,1-3H3. The molecule has 1 heterocycles. The smallest absolute Gasteiger partial charge is 0.0936 e. The van der Waals surface area contributed by atoms with Gasteiger partial charge in [0, 0.05) is 25.8 Å². The predicted molar refractivity (Wildman–Crippen MR) is 71.4 cm³/mol. The number of aromatic nitrogens is 2. The van der Waals surface area contributed by atoms with Gasteiger partial charge >= 0.3 is 0 Å². The van der Waals surface area contributed by atoms with Crippen molar-refractivity contribution < 1.29 is 9.84 Å². The molecule has 0 aliphatic heterocycles. The van der Waals surface area contributed by atoms with Crippen molar-refractivity contribution >= 4 is 0 Å². The lowest BCUT2D eigenvalue weighted by Gasteiger charge is -2.26. The summed E-state index contributed by atoms with van der Waals surface area (Å²) in [4.78, 5) is 0. The van der Waals surface area contributed by atoms with Gasteiger partial charge in [-0.3, -0.25) is 4.68 Å². The van der Waals surface area contributed by atoms with E-state index >= 15 is 0 Å². The molecular weight excluding hydrogens is 230 g/mol. The van der Waals surface area contributed by atoms with Gasteiger partial charge in [-0.2, -0.15) is 5.10 Å². The summed E-state index contributed by atoms with van der Waals surface area (Å²) < 4.78 is 7.00. The van der Waals surface area contributed by atoms with Gasteiger partial charge in [-0.05, 0) is 39.3 Å². The monoisotopic (exact) mass is 255 g/mol. The minimum atomic E-state index is -0.871. The van der Waals surface area contributed by atoms with E-state index in [0.29, 0.717) is 32.0 Å². The molecule has 0 saturated carbocycles. The Labute approximate surface area is 109 Å². The number of aliphatic hydroxyl groups is 1. The van der Waals surface area contributed by atoms with Crippen molar-refractivity contribution in [3.63, 3.8) is 0 Å². The molecule has 3 N–H and O–H groups in total. The number of hydrogen-bond donors (Lipinski definition) is 2. The molecule has 0 spiro atoms. The maximum absolute atomic E-state index is 10.5. The summed E-state index contributed by atoms with van der Waals surface area (Å²) in [6.07, 6.45) is 3.85. The summed E-state index contributed by atoms with van der Waals surface area (Å²) >= 11 is 0. The van der Waals surface area contributed by atoms with Crippen molar-refractivity contribution in [2.24, 2.45) is 5.73 Å². The van der Waals surface area contributed by atoms with E-state index in [1.54, 1.807) is 7.11 Å². The van der Waals surface area contributed by atoms with Crippen molar-refractivity contribution in [3.8, 4) is 0 Å². The first-order valence-corrected chi connectivity index (χ1v) is 6.46. The predicted octanol–water partition coefficient (Wildman–Crippen LogP) is 1.12. The summed E-state index contributed by atoms with van der Waals surface area (Å²) in [7, 11) is 1.60. The third-order valence-electron chi connectivity index (χ3n) is 2.96. The molecular formula is C13H25N3O2. The van der Waals surface area contributed by atoms with Crippen LogP contribution >= 0.6 is 0 Å². The molecule has 0 saturated heterocycles. The molecule has 0 aromatic carbocycles. The van der Waals surface area contributed by atoms with Gasteiger partial charge < -0.3 is 15.6 Å². The van der Waals surface area contributed by atoms with Gasteiger partial charge in [0.25, 0.3) is 0 Å². The molecule has 1 rings (SSSR count). The zero-order valence-electron chi connectivity index (χ0n) is 11.6. The Balaban J connectivity index is 2.69. The van der Waals surface area contributed by atoms with E-state index in [4.69, 9.17) is 10.5 Å². The first-order chi connectivity index (χ1) is 8.50. The van der Waals surface area contributed by atoms with Crippen molar-refractivity contribution in [1.82, 2.24) is 9.78 Å². The van der Waals surface area contributed by atoms with Crippen LogP contribution in [0, 0.1) is 0 Å². The van der Waals surface area contributed by atoms with E-state index in [9.17, 15) is 5.11 Å². The first-order valence-electron chi connectivity index (χ1n) is 6.46. The largest absolute Gasteiger partial charge is 0.387 e. The average molecular weight is 255 g/mol. The fourth-order valence-electron chi connectivity index (χ4n) is 2.01. The molecule has 0 radical (unpaired) electrons. The van der Waals surface area contributed by atoms with E-state index < -0.39 is 5.60 Å². The Morgan fingerprint density at radius 2 is 2.28 bits per heavy atom. The highest BCUT2D eigenvalue weighted by Crippen LogP contribution is 2.19. The van der Waals surface area contributed by atoms with Crippen molar-refractivity contribution in [3.05, 3.63) is 18.0 Å². The average Bonchev–Trinajstić information content (AvgIpc) is 2.75. The topological polar surface area (TPSA) is 73.3 Å². The van der Waals surface area contributed by atoms with Crippen LogP contribution in [0.3, 0.4) is 0 Å². The second kappa shape index (κ2) is 6.87. The Morgan fingerprint density at radius 3 is 2.78 bits per heavy atom. The first kappa shape index (κ1) is 15.1.